The standard InChI is InChI=1S/C15H31NOS/c1-4-6-13-7-8-14(16-9-5-2)15(12-13)18-11-10-17-3/h13-16H,4-12H2,1-3H3. The Morgan fingerprint density at radius 1 is 1.22 bits per heavy atom. The second-order valence-electron chi connectivity index (χ2n) is 5.43. The lowest BCUT2D eigenvalue weighted by molar-refractivity contribution is 0.218. The van der Waals surface area contributed by atoms with E-state index in [0.717, 1.165) is 29.6 Å². The van der Waals surface area contributed by atoms with Crippen molar-refractivity contribution in [2.24, 2.45) is 5.92 Å². The van der Waals surface area contributed by atoms with E-state index in [4.69, 9.17) is 4.74 Å². The summed E-state index contributed by atoms with van der Waals surface area (Å²) in [6.07, 6.45) is 8.20. The van der Waals surface area contributed by atoms with E-state index < -0.39 is 0 Å². The molecule has 0 spiro atoms. The zero-order valence-corrected chi connectivity index (χ0v) is 13.2. The molecular formula is C15H31NOS. The van der Waals surface area contributed by atoms with Crippen LogP contribution in [0.4, 0.5) is 0 Å². The van der Waals surface area contributed by atoms with Gasteiger partial charge in [-0.15, -0.1) is 0 Å². The summed E-state index contributed by atoms with van der Waals surface area (Å²) in [5, 5.41) is 4.55. The summed E-state index contributed by atoms with van der Waals surface area (Å²) in [4.78, 5) is 0. The Bertz CT molecular complexity index is 201. The SMILES string of the molecule is CCCNC1CCC(CCC)CC1SCCOC. The summed E-state index contributed by atoms with van der Waals surface area (Å²) in [5.74, 6) is 2.11. The molecule has 3 unspecified atom stereocenters. The molecule has 1 aliphatic rings. The molecule has 0 aromatic heterocycles. The monoisotopic (exact) mass is 273 g/mol. The molecule has 0 aliphatic heterocycles. The summed E-state index contributed by atoms with van der Waals surface area (Å²) >= 11 is 2.12. The van der Waals surface area contributed by atoms with Gasteiger partial charge in [-0.1, -0.05) is 26.7 Å². The van der Waals surface area contributed by atoms with Crippen LogP contribution in [0.3, 0.4) is 0 Å². The third kappa shape index (κ3) is 5.94. The van der Waals surface area contributed by atoms with Crippen LogP contribution in [0.2, 0.25) is 0 Å². The minimum absolute atomic E-state index is 0.736. The van der Waals surface area contributed by atoms with Crippen LogP contribution in [0.1, 0.15) is 52.4 Å². The molecule has 3 heteroatoms. The van der Waals surface area contributed by atoms with Crippen molar-refractivity contribution in [1.82, 2.24) is 5.32 Å². The van der Waals surface area contributed by atoms with E-state index in [-0.39, 0.29) is 0 Å². The van der Waals surface area contributed by atoms with Crippen LogP contribution in [0, 0.1) is 5.92 Å². The molecule has 0 saturated heterocycles. The molecule has 1 saturated carbocycles. The van der Waals surface area contributed by atoms with Crippen LogP contribution < -0.4 is 5.32 Å². The van der Waals surface area contributed by atoms with Crippen molar-refractivity contribution in [3.8, 4) is 0 Å². The molecule has 0 radical (unpaired) electrons. The van der Waals surface area contributed by atoms with Gasteiger partial charge in [-0.25, -0.2) is 0 Å². The smallest absolute Gasteiger partial charge is 0.0553 e. The maximum absolute atomic E-state index is 5.18. The van der Waals surface area contributed by atoms with E-state index in [2.05, 4.69) is 30.9 Å². The fraction of sp³-hybridized carbons (Fsp3) is 1.00. The van der Waals surface area contributed by atoms with E-state index in [1.54, 1.807) is 7.11 Å². The number of ether oxygens (including phenoxy) is 1. The van der Waals surface area contributed by atoms with Crippen molar-refractivity contribution < 1.29 is 4.74 Å². The number of methoxy groups -OCH3 is 1. The second-order valence-corrected chi connectivity index (χ2v) is 6.78. The number of hydrogen-bond donors (Lipinski definition) is 1. The molecule has 0 bridgehead atoms. The summed E-state index contributed by atoms with van der Waals surface area (Å²) in [6, 6.07) is 0.736. The molecule has 2 nitrogen and oxygen atoms in total. The summed E-state index contributed by atoms with van der Waals surface area (Å²) < 4.78 is 5.18. The lowest BCUT2D eigenvalue weighted by atomic mass is 9.83. The first-order valence-electron chi connectivity index (χ1n) is 7.65. The van der Waals surface area contributed by atoms with Crippen molar-refractivity contribution in [2.45, 2.75) is 63.7 Å². The second kappa shape index (κ2) is 10.1. The minimum Gasteiger partial charge on any atom is -0.384 e. The third-order valence-electron chi connectivity index (χ3n) is 3.87. The van der Waals surface area contributed by atoms with Crippen molar-refractivity contribution in [1.29, 1.82) is 0 Å². The predicted octanol–water partition coefficient (Wildman–Crippen LogP) is 3.70. The first kappa shape index (κ1) is 16.3. The molecule has 1 rings (SSSR count). The Morgan fingerprint density at radius 3 is 2.72 bits per heavy atom. The number of hydrogen-bond acceptors (Lipinski definition) is 3. The zero-order valence-electron chi connectivity index (χ0n) is 12.4. The molecule has 1 fully saturated rings. The van der Waals surface area contributed by atoms with Crippen LogP contribution in [0.25, 0.3) is 0 Å². The van der Waals surface area contributed by atoms with Crippen LogP contribution in [0.15, 0.2) is 0 Å². The van der Waals surface area contributed by atoms with Gasteiger partial charge in [0.2, 0.25) is 0 Å². The number of rotatable bonds is 9. The summed E-state index contributed by atoms with van der Waals surface area (Å²) in [7, 11) is 1.80. The molecule has 18 heavy (non-hydrogen) atoms. The van der Waals surface area contributed by atoms with E-state index in [9.17, 15) is 0 Å². The average Bonchev–Trinajstić information content (AvgIpc) is 2.38. The highest BCUT2D eigenvalue weighted by molar-refractivity contribution is 8.00. The van der Waals surface area contributed by atoms with Gasteiger partial charge in [0, 0.05) is 24.2 Å². The molecule has 0 aromatic carbocycles. The largest absolute Gasteiger partial charge is 0.384 e. The summed E-state index contributed by atoms with van der Waals surface area (Å²) in [5.41, 5.74) is 0. The van der Waals surface area contributed by atoms with Crippen LogP contribution in [-0.2, 0) is 4.74 Å². The first-order valence-corrected chi connectivity index (χ1v) is 8.70. The maximum Gasteiger partial charge on any atom is 0.0553 e. The van der Waals surface area contributed by atoms with Crippen molar-refractivity contribution >= 4 is 11.8 Å². The fourth-order valence-corrected chi connectivity index (χ4v) is 4.35. The lowest BCUT2D eigenvalue weighted by Gasteiger charge is -2.36. The Balaban J connectivity index is 2.38. The topological polar surface area (TPSA) is 21.3 Å². The van der Waals surface area contributed by atoms with E-state index in [0.29, 0.717) is 0 Å². The van der Waals surface area contributed by atoms with Crippen molar-refractivity contribution in [2.75, 3.05) is 26.0 Å². The van der Waals surface area contributed by atoms with Crippen LogP contribution in [-0.4, -0.2) is 37.3 Å². The van der Waals surface area contributed by atoms with Gasteiger partial charge in [-0.05, 0) is 38.1 Å². The average molecular weight is 273 g/mol. The highest BCUT2D eigenvalue weighted by atomic mass is 32.2. The lowest BCUT2D eigenvalue weighted by Crippen LogP contribution is -2.43. The van der Waals surface area contributed by atoms with Gasteiger partial charge in [-0.2, -0.15) is 11.8 Å². The molecule has 1 N–H and O–H groups in total. The van der Waals surface area contributed by atoms with Crippen LogP contribution in [0.5, 0.6) is 0 Å². The molecule has 1 aliphatic carbocycles. The van der Waals surface area contributed by atoms with Gasteiger partial charge >= 0.3 is 0 Å². The molecule has 0 heterocycles. The maximum atomic E-state index is 5.18. The zero-order chi connectivity index (χ0) is 13.2. The van der Waals surface area contributed by atoms with Gasteiger partial charge in [0.05, 0.1) is 6.61 Å². The van der Waals surface area contributed by atoms with E-state index in [1.165, 1.54) is 45.1 Å². The Labute approximate surface area is 118 Å². The highest BCUT2D eigenvalue weighted by Gasteiger charge is 2.29. The van der Waals surface area contributed by atoms with E-state index in [1.807, 2.05) is 0 Å². The molecule has 3 atom stereocenters. The van der Waals surface area contributed by atoms with Crippen LogP contribution >= 0.6 is 11.8 Å². The van der Waals surface area contributed by atoms with Gasteiger partial charge < -0.3 is 10.1 Å². The Hall–Kier alpha value is 0.270. The number of thioether (sulfide) groups is 1. The third-order valence-corrected chi connectivity index (χ3v) is 5.22. The van der Waals surface area contributed by atoms with Gasteiger partial charge in [0.15, 0.2) is 0 Å². The highest BCUT2D eigenvalue weighted by Crippen LogP contribution is 2.34. The fourth-order valence-electron chi connectivity index (χ4n) is 2.91. The van der Waals surface area contributed by atoms with E-state index >= 15 is 0 Å². The molecule has 108 valence electrons. The first-order chi connectivity index (χ1) is 8.81. The number of nitrogens with one attached hydrogen (secondary N) is 1. The molecular weight excluding hydrogens is 242 g/mol. The predicted molar refractivity (Wildman–Crippen MR) is 82.5 cm³/mol. The van der Waals surface area contributed by atoms with Gasteiger partial charge in [-0.3, -0.25) is 0 Å². The normalized spacial score (nSPS) is 28.5. The van der Waals surface area contributed by atoms with Crippen molar-refractivity contribution in [3.05, 3.63) is 0 Å². The van der Waals surface area contributed by atoms with Crippen molar-refractivity contribution in [3.63, 3.8) is 0 Å². The Kier molecular flexibility index (Phi) is 9.16. The van der Waals surface area contributed by atoms with Gasteiger partial charge in [0.25, 0.3) is 0 Å². The molecule has 0 amide bonds. The quantitative estimate of drug-likeness (QED) is 0.647. The summed E-state index contributed by atoms with van der Waals surface area (Å²) in [6.45, 7) is 6.63. The Morgan fingerprint density at radius 2 is 2.06 bits per heavy atom. The van der Waals surface area contributed by atoms with Gasteiger partial charge in [0.1, 0.15) is 0 Å². The minimum atomic E-state index is 0.736. The molecule has 0 aromatic rings.